The van der Waals surface area contributed by atoms with Crippen molar-refractivity contribution in [1.82, 2.24) is 0 Å². The Hall–Kier alpha value is -2.79. The van der Waals surface area contributed by atoms with Crippen LogP contribution in [-0.2, 0) is 4.74 Å². The zero-order valence-electron chi connectivity index (χ0n) is 18.0. The lowest BCUT2D eigenvalue weighted by Crippen LogP contribution is -2.21. The van der Waals surface area contributed by atoms with Crippen LogP contribution in [0.25, 0.3) is 11.8 Å². The summed E-state index contributed by atoms with van der Waals surface area (Å²) in [6.07, 6.45) is 7.44. The highest BCUT2D eigenvalue weighted by atomic mass is 19.1. The monoisotopic (exact) mass is 420 g/mol. The first-order chi connectivity index (χ1) is 15.1. The number of ether oxygens (including phenoxy) is 2. The highest BCUT2D eigenvalue weighted by Gasteiger charge is 2.23. The second kappa shape index (κ2) is 8.39. The lowest BCUT2D eigenvalue weighted by atomic mass is 10.0. The van der Waals surface area contributed by atoms with Crippen LogP contribution in [0.2, 0.25) is 0 Å². The van der Waals surface area contributed by atoms with Gasteiger partial charge in [0.15, 0.2) is 0 Å². The van der Waals surface area contributed by atoms with E-state index in [4.69, 9.17) is 9.47 Å². The van der Waals surface area contributed by atoms with E-state index in [1.54, 1.807) is 6.07 Å². The summed E-state index contributed by atoms with van der Waals surface area (Å²) >= 11 is 0. The van der Waals surface area contributed by atoms with Crippen LogP contribution in [0, 0.1) is 11.7 Å². The van der Waals surface area contributed by atoms with Gasteiger partial charge in [-0.05, 0) is 67.2 Å². The molecule has 2 atom stereocenters. The number of halogens is 1. The lowest BCUT2D eigenvalue weighted by molar-refractivity contribution is 0.0679. The number of hydrogen-bond donors (Lipinski definition) is 0. The third kappa shape index (κ3) is 4.07. The molecule has 5 heteroatoms. The van der Waals surface area contributed by atoms with E-state index >= 15 is 0 Å². The van der Waals surface area contributed by atoms with E-state index in [1.165, 1.54) is 0 Å². The number of benzene rings is 2. The number of fused-ring (bicyclic) bond motifs is 1. The van der Waals surface area contributed by atoms with Crippen LogP contribution in [0.4, 0.5) is 15.8 Å². The molecule has 0 bridgehead atoms. The highest BCUT2D eigenvalue weighted by molar-refractivity contribution is 5.89. The number of hydrogen-bond acceptors (Lipinski definition) is 4. The average Bonchev–Trinajstić information content (AvgIpc) is 3.44. The van der Waals surface area contributed by atoms with Gasteiger partial charge in [0.05, 0.1) is 11.8 Å². The van der Waals surface area contributed by atoms with Crippen molar-refractivity contribution >= 4 is 23.1 Å². The quantitative estimate of drug-likeness (QED) is 0.620. The van der Waals surface area contributed by atoms with Crippen molar-refractivity contribution in [1.29, 1.82) is 0 Å². The highest BCUT2D eigenvalue weighted by Crippen LogP contribution is 2.36. The number of rotatable bonds is 5. The van der Waals surface area contributed by atoms with Gasteiger partial charge in [0.1, 0.15) is 18.2 Å². The second-order valence-corrected chi connectivity index (χ2v) is 8.80. The van der Waals surface area contributed by atoms with Gasteiger partial charge in [0.25, 0.3) is 0 Å². The molecule has 4 nitrogen and oxygen atoms in total. The van der Waals surface area contributed by atoms with E-state index in [-0.39, 0.29) is 11.9 Å². The van der Waals surface area contributed by atoms with Crippen LogP contribution in [0.5, 0.6) is 5.75 Å². The molecule has 0 N–H and O–H groups in total. The van der Waals surface area contributed by atoms with E-state index in [2.05, 4.69) is 18.4 Å². The van der Waals surface area contributed by atoms with Gasteiger partial charge in [-0.25, -0.2) is 4.39 Å². The molecule has 0 spiro atoms. The molecule has 2 fully saturated rings. The summed E-state index contributed by atoms with van der Waals surface area (Å²) in [6, 6.07) is 11.5. The molecule has 2 aromatic carbocycles. The van der Waals surface area contributed by atoms with Crippen molar-refractivity contribution in [3.63, 3.8) is 0 Å². The standard InChI is InChI=1S/C26H29FN2O2/c1-18-9-11-28(16-18)26-8-5-21(15-25(26)27)29-12-10-20-14-22(6-7-24(20)19(29)2)31-17-23-4-3-13-30-23/h5-8,10,12,14-15,18,23H,2-4,9,11,13,16-17H2,1H3. The van der Waals surface area contributed by atoms with Gasteiger partial charge < -0.3 is 19.3 Å². The van der Waals surface area contributed by atoms with Crippen molar-refractivity contribution in [3.8, 4) is 5.75 Å². The van der Waals surface area contributed by atoms with Gasteiger partial charge in [-0.3, -0.25) is 0 Å². The first-order valence-electron chi connectivity index (χ1n) is 11.2. The Balaban J connectivity index is 1.31. The Labute approximate surface area is 183 Å². The zero-order valence-corrected chi connectivity index (χ0v) is 18.0. The van der Waals surface area contributed by atoms with Gasteiger partial charge in [0, 0.05) is 48.9 Å². The van der Waals surface area contributed by atoms with Crippen LogP contribution in [-0.4, -0.2) is 32.4 Å². The average molecular weight is 421 g/mol. The summed E-state index contributed by atoms with van der Waals surface area (Å²) in [7, 11) is 0. The van der Waals surface area contributed by atoms with E-state index in [1.807, 2.05) is 47.5 Å². The van der Waals surface area contributed by atoms with Crippen molar-refractivity contribution in [2.75, 3.05) is 36.1 Å². The van der Waals surface area contributed by atoms with E-state index in [0.29, 0.717) is 18.2 Å². The maximum atomic E-state index is 14.9. The molecule has 31 heavy (non-hydrogen) atoms. The fourth-order valence-corrected chi connectivity index (χ4v) is 4.67. The molecule has 3 heterocycles. The summed E-state index contributed by atoms with van der Waals surface area (Å²) in [5.74, 6) is 1.26. The molecule has 0 amide bonds. The first-order valence-corrected chi connectivity index (χ1v) is 11.2. The van der Waals surface area contributed by atoms with Crippen molar-refractivity contribution in [2.24, 2.45) is 5.92 Å². The molecule has 2 unspecified atom stereocenters. The smallest absolute Gasteiger partial charge is 0.148 e. The molecule has 0 aromatic heterocycles. The van der Waals surface area contributed by atoms with Crippen molar-refractivity contribution in [2.45, 2.75) is 32.3 Å². The lowest BCUT2D eigenvalue weighted by Gasteiger charge is -2.29. The zero-order chi connectivity index (χ0) is 21.4. The maximum Gasteiger partial charge on any atom is 0.148 e. The van der Waals surface area contributed by atoms with Gasteiger partial charge in [-0.15, -0.1) is 0 Å². The molecule has 2 saturated heterocycles. The summed E-state index contributed by atoms with van der Waals surface area (Å²) in [6.45, 7) is 9.72. The third-order valence-corrected chi connectivity index (χ3v) is 6.46. The van der Waals surface area contributed by atoms with E-state index in [0.717, 1.165) is 67.2 Å². The second-order valence-electron chi connectivity index (χ2n) is 8.80. The molecular weight excluding hydrogens is 391 g/mol. The summed E-state index contributed by atoms with van der Waals surface area (Å²) in [5, 5.41) is 0. The summed E-state index contributed by atoms with van der Waals surface area (Å²) in [4.78, 5) is 4.08. The Morgan fingerprint density at radius 1 is 1.19 bits per heavy atom. The molecule has 2 aromatic rings. The molecule has 3 aliphatic rings. The minimum atomic E-state index is -0.184. The fourth-order valence-electron chi connectivity index (χ4n) is 4.67. The molecule has 5 rings (SSSR count). The third-order valence-electron chi connectivity index (χ3n) is 6.46. The van der Waals surface area contributed by atoms with Gasteiger partial charge in [-0.1, -0.05) is 13.5 Å². The van der Waals surface area contributed by atoms with Crippen molar-refractivity contribution in [3.05, 3.63) is 66.1 Å². The van der Waals surface area contributed by atoms with Crippen molar-refractivity contribution < 1.29 is 13.9 Å². The largest absolute Gasteiger partial charge is 0.491 e. The molecule has 162 valence electrons. The van der Waals surface area contributed by atoms with Crippen LogP contribution in [0.3, 0.4) is 0 Å². The Kier molecular flexibility index (Phi) is 5.45. The maximum absolute atomic E-state index is 14.9. The minimum Gasteiger partial charge on any atom is -0.491 e. The molecule has 0 saturated carbocycles. The van der Waals surface area contributed by atoms with Gasteiger partial charge in [0.2, 0.25) is 0 Å². The fraction of sp³-hybridized carbons (Fsp3) is 0.385. The predicted octanol–water partition coefficient (Wildman–Crippen LogP) is 5.69. The minimum absolute atomic E-state index is 0.184. The van der Waals surface area contributed by atoms with E-state index < -0.39 is 0 Å². The summed E-state index contributed by atoms with van der Waals surface area (Å²) < 4.78 is 26.5. The van der Waals surface area contributed by atoms with Crippen LogP contribution >= 0.6 is 0 Å². The van der Waals surface area contributed by atoms with Crippen LogP contribution < -0.4 is 14.5 Å². The number of anilines is 2. The van der Waals surface area contributed by atoms with Gasteiger partial charge in [-0.2, -0.15) is 0 Å². The SMILES string of the molecule is C=C1c2ccc(OCC3CCCO3)cc2C=CN1c1ccc(N2CCC(C)C2)c(F)c1. The molecule has 0 aliphatic carbocycles. The first kappa shape index (κ1) is 20.1. The molecule has 3 aliphatic heterocycles. The Morgan fingerprint density at radius 2 is 2.10 bits per heavy atom. The van der Waals surface area contributed by atoms with Crippen LogP contribution in [0.15, 0.2) is 49.2 Å². The Morgan fingerprint density at radius 3 is 2.84 bits per heavy atom. The summed E-state index contributed by atoms with van der Waals surface area (Å²) in [5.41, 5.74) is 4.36. The van der Waals surface area contributed by atoms with Crippen LogP contribution in [0.1, 0.15) is 37.3 Å². The molecule has 0 radical (unpaired) electrons. The van der Waals surface area contributed by atoms with E-state index in [9.17, 15) is 4.39 Å². The normalized spacial score (nSPS) is 22.8. The van der Waals surface area contributed by atoms with Gasteiger partial charge >= 0.3 is 0 Å². The Bertz CT molecular complexity index is 1010. The molecular formula is C26H29FN2O2. The predicted molar refractivity (Wildman–Crippen MR) is 124 cm³/mol. The topological polar surface area (TPSA) is 24.9 Å². The number of nitrogens with zero attached hydrogens (tertiary/aromatic N) is 2.